The van der Waals surface area contributed by atoms with Crippen molar-refractivity contribution in [3.05, 3.63) is 0 Å². The van der Waals surface area contributed by atoms with Gasteiger partial charge in [0.2, 0.25) is 0 Å². The topological polar surface area (TPSA) is 27.7 Å². The van der Waals surface area contributed by atoms with Crippen molar-refractivity contribution in [1.29, 1.82) is 0 Å². The second-order valence-electron chi connectivity index (χ2n) is 7.46. The third-order valence-corrected chi connectivity index (χ3v) is 13.9. The summed E-state index contributed by atoms with van der Waals surface area (Å²) in [6.45, 7) is 19.4. The van der Waals surface area contributed by atoms with Gasteiger partial charge in [0.05, 0.1) is 5.50 Å². The van der Waals surface area contributed by atoms with Crippen LogP contribution in [0.25, 0.3) is 0 Å². The van der Waals surface area contributed by atoms with Gasteiger partial charge < -0.3 is 12.3 Å². The Kier molecular flexibility index (Phi) is 6.57. The molecule has 0 aliphatic carbocycles. The molecule has 0 aliphatic rings. The van der Waals surface area contributed by atoms with Gasteiger partial charge in [-0.05, 0) is 58.9 Å². The Morgan fingerprint density at radius 1 is 0.611 bits per heavy atom. The largest absolute Gasteiger partial charge is 0.485 e. The first-order valence-corrected chi connectivity index (χ1v) is 19.0. The van der Waals surface area contributed by atoms with Crippen molar-refractivity contribution in [2.45, 2.75) is 58.9 Å². The fourth-order valence-corrected chi connectivity index (χ4v) is 16.5. The maximum absolute atomic E-state index is 6.30. The van der Waals surface area contributed by atoms with Crippen LogP contribution in [0.15, 0.2) is 0 Å². The molecule has 0 fully saturated rings. The number of hydrogen-bond donors (Lipinski definition) is 0. The summed E-state index contributed by atoms with van der Waals surface area (Å²) >= 11 is 6.20. The van der Waals surface area contributed by atoms with E-state index >= 15 is 0 Å². The Morgan fingerprint density at radius 3 is 0.944 bits per heavy atom. The van der Waals surface area contributed by atoms with Crippen LogP contribution in [0.3, 0.4) is 0 Å². The molecule has 0 amide bonds. The lowest BCUT2D eigenvalue weighted by Crippen LogP contribution is -2.62. The van der Waals surface area contributed by atoms with Crippen molar-refractivity contribution in [1.82, 2.24) is 0 Å². The molecular formula is C10H29ClO3Si4. The lowest BCUT2D eigenvalue weighted by molar-refractivity contribution is 0.261. The number of halogens is 1. The van der Waals surface area contributed by atoms with Crippen LogP contribution < -0.4 is 0 Å². The quantitative estimate of drug-likeness (QED) is 0.510. The molecule has 110 valence electrons. The van der Waals surface area contributed by atoms with Gasteiger partial charge in [-0.2, -0.15) is 0 Å². The summed E-state index contributed by atoms with van der Waals surface area (Å²) < 4.78 is 18.9. The summed E-state index contributed by atoms with van der Waals surface area (Å²) in [4.78, 5) is 0. The van der Waals surface area contributed by atoms with Gasteiger partial charge >= 0.3 is 8.80 Å². The Balaban J connectivity index is 5.20. The van der Waals surface area contributed by atoms with E-state index in [4.69, 9.17) is 23.9 Å². The van der Waals surface area contributed by atoms with E-state index in [0.717, 1.165) is 0 Å². The van der Waals surface area contributed by atoms with Crippen molar-refractivity contribution in [2.75, 3.05) is 5.50 Å². The molecule has 0 atom stereocenters. The molecule has 3 nitrogen and oxygen atoms in total. The van der Waals surface area contributed by atoms with E-state index in [1.165, 1.54) is 0 Å². The van der Waals surface area contributed by atoms with E-state index in [2.05, 4.69) is 58.9 Å². The van der Waals surface area contributed by atoms with Crippen molar-refractivity contribution >= 4 is 45.4 Å². The monoisotopic (exact) mass is 344 g/mol. The molecule has 0 aromatic heterocycles. The van der Waals surface area contributed by atoms with Gasteiger partial charge in [-0.15, -0.1) is 11.6 Å². The molecule has 0 unspecified atom stereocenters. The highest BCUT2D eigenvalue weighted by atomic mass is 35.5. The molecule has 0 saturated heterocycles. The molecule has 8 heteroatoms. The summed E-state index contributed by atoms with van der Waals surface area (Å²) in [5.74, 6) is 0. The second kappa shape index (κ2) is 6.21. The SMILES string of the molecule is C[Si](C)(C)O[Si](CCl)(O[Si](C)(C)C)O[Si](C)(C)C. The molecular weight excluding hydrogens is 316 g/mol. The Hall–Kier alpha value is 1.04. The molecule has 18 heavy (non-hydrogen) atoms. The van der Waals surface area contributed by atoms with Crippen molar-refractivity contribution in [3.8, 4) is 0 Å². The van der Waals surface area contributed by atoms with Crippen LogP contribution >= 0.6 is 11.6 Å². The maximum Gasteiger partial charge on any atom is 0.485 e. The van der Waals surface area contributed by atoms with Crippen LogP contribution in [-0.4, -0.2) is 39.3 Å². The molecule has 0 aromatic rings. The van der Waals surface area contributed by atoms with Gasteiger partial charge in [0.15, 0.2) is 25.0 Å². The molecule has 0 rings (SSSR count). The molecule has 0 heterocycles. The van der Waals surface area contributed by atoms with Gasteiger partial charge in [0.25, 0.3) is 0 Å². The highest BCUT2D eigenvalue weighted by Gasteiger charge is 2.49. The summed E-state index contributed by atoms with van der Waals surface area (Å²) in [6, 6.07) is 0. The van der Waals surface area contributed by atoms with Crippen LogP contribution in [0.2, 0.25) is 58.9 Å². The average molecular weight is 345 g/mol. The van der Waals surface area contributed by atoms with Gasteiger partial charge in [-0.3, -0.25) is 0 Å². The lowest BCUT2D eigenvalue weighted by Gasteiger charge is -2.41. The first kappa shape index (κ1) is 19.0. The Labute approximate surface area is 122 Å². The molecule has 0 aromatic carbocycles. The van der Waals surface area contributed by atoms with E-state index in [0.29, 0.717) is 5.50 Å². The molecule has 0 radical (unpaired) electrons. The maximum atomic E-state index is 6.30. The van der Waals surface area contributed by atoms with E-state index < -0.39 is 33.8 Å². The van der Waals surface area contributed by atoms with Crippen molar-refractivity contribution in [3.63, 3.8) is 0 Å². The zero-order valence-corrected chi connectivity index (χ0v) is 18.1. The van der Waals surface area contributed by atoms with Crippen LogP contribution in [0.1, 0.15) is 0 Å². The number of rotatable bonds is 7. The zero-order valence-electron chi connectivity index (χ0n) is 13.3. The number of hydrogen-bond acceptors (Lipinski definition) is 3. The highest BCUT2D eigenvalue weighted by molar-refractivity contribution is 6.92. The minimum Gasteiger partial charge on any atom is -0.416 e. The Bertz CT molecular complexity index is 227. The van der Waals surface area contributed by atoms with Gasteiger partial charge in [-0.25, -0.2) is 0 Å². The van der Waals surface area contributed by atoms with E-state index in [1.54, 1.807) is 0 Å². The first-order valence-electron chi connectivity index (χ1n) is 6.35. The zero-order chi connectivity index (χ0) is 14.8. The van der Waals surface area contributed by atoms with Gasteiger partial charge in [-0.1, -0.05) is 0 Å². The summed E-state index contributed by atoms with van der Waals surface area (Å²) in [7, 11) is -7.95. The standard InChI is InChI=1S/C10H29ClO3Si4/c1-15(2,3)12-18(10-11,13-16(4,5)6)14-17(7,8)9/h10H2,1-9H3. The summed E-state index contributed by atoms with van der Waals surface area (Å²) in [5.41, 5.74) is 0.353. The summed E-state index contributed by atoms with van der Waals surface area (Å²) in [5, 5.41) is 0. The van der Waals surface area contributed by atoms with Crippen molar-refractivity contribution in [2.24, 2.45) is 0 Å². The van der Waals surface area contributed by atoms with Crippen LogP contribution in [0.4, 0.5) is 0 Å². The first-order chi connectivity index (χ1) is 7.68. The second-order valence-corrected chi connectivity index (χ2v) is 25.0. The fraction of sp³-hybridized carbons (Fsp3) is 1.00. The fourth-order valence-electron chi connectivity index (χ4n) is 1.54. The third-order valence-electron chi connectivity index (χ3n) is 1.55. The minimum absolute atomic E-state index is 0.353. The van der Waals surface area contributed by atoms with E-state index in [9.17, 15) is 0 Å². The number of alkyl halides is 1. The normalized spacial score (nSPS) is 15.0. The molecule has 0 N–H and O–H groups in total. The van der Waals surface area contributed by atoms with E-state index in [1.807, 2.05) is 0 Å². The average Bonchev–Trinajstić information content (AvgIpc) is 1.93. The highest BCUT2D eigenvalue weighted by Crippen LogP contribution is 2.26. The molecule has 0 bridgehead atoms. The summed E-state index contributed by atoms with van der Waals surface area (Å²) in [6.07, 6.45) is 0. The predicted molar refractivity (Wildman–Crippen MR) is 89.8 cm³/mol. The van der Waals surface area contributed by atoms with Crippen LogP contribution in [0, 0.1) is 0 Å². The van der Waals surface area contributed by atoms with Gasteiger partial charge in [0.1, 0.15) is 0 Å². The predicted octanol–water partition coefficient (Wildman–Crippen LogP) is 4.26. The van der Waals surface area contributed by atoms with E-state index in [-0.39, 0.29) is 0 Å². The Morgan fingerprint density at radius 2 is 0.833 bits per heavy atom. The lowest BCUT2D eigenvalue weighted by atomic mass is 11.8. The van der Waals surface area contributed by atoms with Crippen molar-refractivity contribution < 1.29 is 12.3 Å². The van der Waals surface area contributed by atoms with Gasteiger partial charge in [0, 0.05) is 0 Å². The minimum atomic E-state index is -2.73. The molecule has 0 aliphatic heterocycles. The molecule has 0 spiro atoms. The third kappa shape index (κ3) is 9.02. The molecule has 0 saturated carbocycles. The smallest absolute Gasteiger partial charge is 0.416 e. The van der Waals surface area contributed by atoms with Crippen LogP contribution in [0.5, 0.6) is 0 Å². The van der Waals surface area contributed by atoms with Crippen LogP contribution in [-0.2, 0) is 12.3 Å².